The third kappa shape index (κ3) is 4.42. The molecule has 1 unspecified atom stereocenters. The predicted octanol–water partition coefficient (Wildman–Crippen LogP) is 5.71. The van der Waals surface area contributed by atoms with Crippen LogP contribution in [0.15, 0.2) is 30.3 Å². The van der Waals surface area contributed by atoms with E-state index in [0.717, 1.165) is 27.8 Å². The molecule has 0 bridgehead atoms. The summed E-state index contributed by atoms with van der Waals surface area (Å²) in [7, 11) is -0.193. The molecule has 0 aromatic heterocycles. The fourth-order valence-electron chi connectivity index (χ4n) is 3.84. The lowest BCUT2D eigenvalue weighted by Gasteiger charge is -2.19. The lowest BCUT2D eigenvalue weighted by molar-refractivity contribution is 0.0822. The molecule has 0 amide bonds. The Morgan fingerprint density at radius 3 is 1.81 bits per heavy atom. The monoisotopic (exact) mass is 382 g/mol. The number of Topliss-reactive ketones (excluding diaryl/α,β-unsaturated/α-hetero) is 2. The number of benzene rings is 2. The molecule has 3 nitrogen and oxygen atoms in total. The average molecular weight is 382 g/mol. The Kier molecular flexibility index (Phi) is 7.21. The fourth-order valence-corrected chi connectivity index (χ4v) is 4.32. The van der Waals surface area contributed by atoms with Crippen LogP contribution in [0.25, 0.3) is 0 Å². The van der Waals surface area contributed by atoms with Crippen LogP contribution < -0.4 is 0 Å². The standard InChI is InChI=1S/C23H27O3P/c1-6-17-9-8-10-18(7-2)21(17)23(25)19(13-27-26)22(24)20-15(4)11-14(3)12-16(20)5/h8-12,19H,6-7,13H2,1-5H3. The van der Waals surface area contributed by atoms with Crippen LogP contribution in [0.3, 0.4) is 0 Å². The third-order valence-electron chi connectivity index (χ3n) is 5.06. The Hall–Kier alpha value is -2.12. The SMILES string of the molecule is CCc1cccc(CC)c1C(=O)C(CP=O)C(=O)c1c(C)cc(C)cc1C. The van der Waals surface area contributed by atoms with Gasteiger partial charge in [-0.3, -0.25) is 14.2 Å². The van der Waals surface area contributed by atoms with Gasteiger partial charge in [0, 0.05) is 17.3 Å². The Bertz CT molecular complexity index is 838. The molecule has 2 aromatic rings. The highest BCUT2D eigenvalue weighted by atomic mass is 31.1. The number of aryl methyl sites for hydroxylation is 5. The van der Waals surface area contributed by atoms with Crippen molar-refractivity contribution >= 4 is 20.0 Å². The fraction of sp³-hybridized carbons (Fsp3) is 0.391. The minimum absolute atomic E-state index is 0.00558. The average Bonchev–Trinajstić information content (AvgIpc) is 2.63. The van der Waals surface area contributed by atoms with Gasteiger partial charge in [0.2, 0.25) is 0 Å². The summed E-state index contributed by atoms with van der Waals surface area (Å²) >= 11 is 0. The van der Waals surface area contributed by atoms with Crippen molar-refractivity contribution in [3.63, 3.8) is 0 Å². The summed E-state index contributed by atoms with van der Waals surface area (Å²) in [5.74, 6) is -1.37. The molecule has 0 aliphatic carbocycles. The third-order valence-corrected chi connectivity index (χ3v) is 5.57. The molecule has 0 aliphatic rings. The van der Waals surface area contributed by atoms with E-state index in [-0.39, 0.29) is 26.2 Å². The first-order chi connectivity index (χ1) is 12.8. The van der Waals surface area contributed by atoms with Gasteiger partial charge in [0.05, 0.1) is 5.92 Å². The summed E-state index contributed by atoms with van der Waals surface area (Å²) in [5.41, 5.74) is 5.89. The highest BCUT2D eigenvalue weighted by Gasteiger charge is 2.32. The number of hydrogen-bond donors (Lipinski definition) is 0. The highest BCUT2D eigenvalue weighted by molar-refractivity contribution is 7.23. The molecule has 0 fully saturated rings. The molecular formula is C23H27O3P. The highest BCUT2D eigenvalue weighted by Crippen LogP contribution is 2.27. The molecule has 27 heavy (non-hydrogen) atoms. The Morgan fingerprint density at radius 2 is 1.37 bits per heavy atom. The molecule has 0 saturated heterocycles. The van der Waals surface area contributed by atoms with Crippen molar-refractivity contribution in [3.05, 3.63) is 69.3 Å². The minimum atomic E-state index is -0.928. The van der Waals surface area contributed by atoms with Crippen LogP contribution in [0.5, 0.6) is 0 Å². The Labute approximate surface area is 163 Å². The Balaban J connectivity index is 2.58. The van der Waals surface area contributed by atoms with Gasteiger partial charge < -0.3 is 0 Å². The molecule has 2 aromatic carbocycles. The van der Waals surface area contributed by atoms with Gasteiger partial charge in [-0.2, -0.15) is 0 Å². The summed E-state index contributed by atoms with van der Waals surface area (Å²) in [6.45, 7) is 9.77. The van der Waals surface area contributed by atoms with Crippen LogP contribution in [0, 0.1) is 26.7 Å². The van der Waals surface area contributed by atoms with Gasteiger partial charge in [0.1, 0.15) is 0 Å². The van der Waals surface area contributed by atoms with Gasteiger partial charge in [-0.15, -0.1) is 0 Å². The van der Waals surface area contributed by atoms with Gasteiger partial charge in [0.15, 0.2) is 20.0 Å². The minimum Gasteiger partial charge on any atom is -0.293 e. The summed E-state index contributed by atoms with van der Waals surface area (Å²) in [6, 6.07) is 9.73. The van der Waals surface area contributed by atoms with Crippen LogP contribution >= 0.6 is 8.46 Å². The zero-order valence-corrected chi connectivity index (χ0v) is 17.7. The van der Waals surface area contributed by atoms with E-state index in [1.165, 1.54) is 0 Å². The van der Waals surface area contributed by atoms with Crippen LogP contribution in [-0.4, -0.2) is 17.7 Å². The molecule has 0 N–H and O–H groups in total. The first-order valence-corrected chi connectivity index (χ1v) is 10.4. The van der Waals surface area contributed by atoms with Crippen LogP contribution in [0.2, 0.25) is 0 Å². The molecule has 4 heteroatoms. The lowest BCUT2D eigenvalue weighted by Crippen LogP contribution is -2.29. The summed E-state index contributed by atoms with van der Waals surface area (Å²) in [5, 5.41) is 0. The van der Waals surface area contributed by atoms with E-state index in [9.17, 15) is 14.2 Å². The summed E-state index contributed by atoms with van der Waals surface area (Å²) < 4.78 is 11.4. The number of hydrogen-bond acceptors (Lipinski definition) is 3. The molecule has 0 saturated carbocycles. The molecule has 2 rings (SSSR count). The molecule has 0 heterocycles. The van der Waals surface area contributed by atoms with Crippen LogP contribution in [0.1, 0.15) is 62.4 Å². The topological polar surface area (TPSA) is 51.2 Å². The first-order valence-electron chi connectivity index (χ1n) is 9.41. The van der Waals surface area contributed by atoms with Crippen molar-refractivity contribution in [1.82, 2.24) is 0 Å². The van der Waals surface area contributed by atoms with Gasteiger partial charge in [-0.1, -0.05) is 49.7 Å². The van der Waals surface area contributed by atoms with Gasteiger partial charge in [0.25, 0.3) is 0 Å². The second-order valence-electron chi connectivity index (χ2n) is 7.02. The number of carbonyl (C=O) groups excluding carboxylic acids is 2. The van der Waals surface area contributed by atoms with Crippen molar-refractivity contribution in [2.75, 3.05) is 6.16 Å². The summed E-state index contributed by atoms with van der Waals surface area (Å²) in [6.07, 6.45) is 1.44. The zero-order valence-electron chi connectivity index (χ0n) is 16.8. The maximum Gasteiger partial charge on any atom is 0.175 e. The van der Waals surface area contributed by atoms with Crippen molar-refractivity contribution in [1.29, 1.82) is 0 Å². The molecule has 1 atom stereocenters. The lowest BCUT2D eigenvalue weighted by atomic mass is 9.83. The normalized spacial score (nSPS) is 12.2. The van der Waals surface area contributed by atoms with Crippen LogP contribution in [0.4, 0.5) is 0 Å². The molecular weight excluding hydrogens is 355 g/mol. The smallest absolute Gasteiger partial charge is 0.175 e. The first kappa shape index (κ1) is 21.2. The maximum absolute atomic E-state index is 13.4. The van der Waals surface area contributed by atoms with Gasteiger partial charge in [-0.05, 0) is 55.9 Å². The van der Waals surface area contributed by atoms with Crippen LogP contribution in [-0.2, 0) is 17.4 Å². The second-order valence-corrected chi connectivity index (χ2v) is 7.65. The largest absolute Gasteiger partial charge is 0.293 e. The quantitative estimate of drug-likeness (QED) is 0.334. The molecule has 142 valence electrons. The predicted molar refractivity (Wildman–Crippen MR) is 110 cm³/mol. The number of rotatable bonds is 8. The molecule has 0 aliphatic heterocycles. The van der Waals surface area contributed by atoms with E-state index < -0.39 is 5.92 Å². The zero-order chi connectivity index (χ0) is 20.1. The van der Waals surface area contributed by atoms with Crippen molar-refractivity contribution < 1.29 is 14.2 Å². The van der Waals surface area contributed by atoms with E-state index in [1.807, 2.05) is 65.0 Å². The van der Waals surface area contributed by atoms with E-state index in [2.05, 4.69) is 0 Å². The number of ketones is 2. The van der Waals surface area contributed by atoms with Crippen molar-refractivity contribution in [2.45, 2.75) is 47.5 Å². The van der Waals surface area contributed by atoms with E-state index in [4.69, 9.17) is 0 Å². The second kappa shape index (κ2) is 9.19. The van der Waals surface area contributed by atoms with E-state index in [0.29, 0.717) is 24.0 Å². The van der Waals surface area contributed by atoms with Gasteiger partial charge >= 0.3 is 0 Å². The molecule has 0 radical (unpaired) electrons. The molecule has 0 spiro atoms. The van der Waals surface area contributed by atoms with E-state index in [1.54, 1.807) is 0 Å². The summed E-state index contributed by atoms with van der Waals surface area (Å²) in [4.78, 5) is 26.8. The van der Waals surface area contributed by atoms with Gasteiger partial charge in [-0.25, -0.2) is 0 Å². The van der Waals surface area contributed by atoms with Crippen molar-refractivity contribution in [3.8, 4) is 0 Å². The number of carbonyl (C=O) groups is 2. The van der Waals surface area contributed by atoms with E-state index >= 15 is 0 Å². The maximum atomic E-state index is 13.4. The van der Waals surface area contributed by atoms with Crippen molar-refractivity contribution in [2.24, 2.45) is 5.92 Å². The Morgan fingerprint density at radius 1 is 0.889 bits per heavy atom.